The predicted molar refractivity (Wildman–Crippen MR) is 473 cm³/mol. The summed E-state index contributed by atoms with van der Waals surface area (Å²) >= 11 is 0. The first-order chi connectivity index (χ1) is 62.6. The highest BCUT2D eigenvalue weighted by Gasteiger charge is 2.75. The monoisotopic (exact) mass is 1950 g/mol. The fourth-order valence-electron chi connectivity index (χ4n) is 27.5. The van der Waals surface area contributed by atoms with Crippen molar-refractivity contribution in [2.45, 2.75) is 378 Å². The molecule has 33 heteroatoms. The van der Waals surface area contributed by atoms with Crippen molar-refractivity contribution in [3.63, 3.8) is 0 Å². The fraction of sp³-hybridized carbons (Fsp3) is 0.903. The van der Waals surface area contributed by atoms with E-state index in [-0.39, 0.29) is 144 Å². The number of alkyl halides is 10. The number of rotatable bonds is 25. The van der Waals surface area contributed by atoms with Gasteiger partial charge in [0.05, 0.1) is 77.5 Å². The van der Waals surface area contributed by atoms with Crippen LogP contribution in [-0.4, -0.2) is 171 Å². The Labute approximate surface area is 795 Å². The maximum Gasteiger partial charge on any atom is 0.468 e. The van der Waals surface area contributed by atoms with Crippen LogP contribution < -0.4 is 0 Å². The Balaban J connectivity index is 0.000000155. The van der Waals surface area contributed by atoms with E-state index in [0.29, 0.717) is 57.2 Å². The lowest BCUT2D eigenvalue weighted by Crippen LogP contribution is -2.64. The second-order valence-electron chi connectivity index (χ2n) is 50.1. The Morgan fingerprint density at radius 1 is 0.419 bits per heavy atom. The molecule has 0 aromatic rings. The number of carbonyl (C=O) groups excluding carboxylic acids is 10. The number of ether oxygens (including phenoxy) is 12. The average Bonchev–Trinajstić information content (AvgIpc) is 1.60. The summed E-state index contributed by atoms with van der Waals surface area (Å²) in [5, 5.41) is 10.8. The molecule has 1 heterocycles. The van der Waals surface area contributed by atoms with Crippen molar-refractivity contribution in [2.75, 3.05) is 52.9 Å². The molecule has 0 spiro atoms. The van der Waals surface area contributed by atoms with Gasteiger partial charge in [-0.2, -0.15) is 26.3 Å². The standard InChI is InChI=1S/C23H34O6.C22H31F5O6.C22H31F5O5.C19H30O4.C17H28O2/c1-5-23(9-7-6-8-10-23)29-20(25)16-13-11-14-17(16)19(24)28-18(14)15(13)12-27-21(26)22(2,3)4;1-5-31-16(29)21(22(25,26)27,32-12-20(23,24)17(2,3)4)33-15(28)18-7-13-6-14(8-18)10-19(30,9-13)11-18;1-5-30-17(29)21(22(25,26)27,31-12-20(23,24)18(2,3)4)32-16(28)19-9-13-6-14(10-19)8-15(7-13)11-19;1-18(2,3)17(21)22-10-16(20)23-11-19(4)14-6-12-5-13(8-14)9-15(19)7-12;1-16(2,3)15(18)19-10-17(4)13-6-11-5-12(8-13)9-14(17)7-11/h13-18H,5-12H2,1-4H3;13-14,30H,5-12H2,1-4H3;13-15H,5-12H2,1-4H3;12-15H,5-11H2,1-4H3;11-14H,5-10H2,1-4H3. The van der Waals surface area contributed by atoms with Crippen molar-refractivity contribution in [3.8, 4) is 0 Å². The van der Waals surface area contributed by atoms with Gasteiger partial charge in [0, 0.05) is 33.5 Å². The van der Waals surface area contributed by atoms with Gasteiger partial charge in [-0.1, -0.05) is 68.7 Å². The molecular formula is C103H154F10O23. The topological polar surface area (TPSA) is 302 Å². The first kappa shape index (κ1) is 109. The smallest absolute Gasteiger partial charge is 0.465 e. The minimum Gasteiger partial charge on any atom is -0.465 e. The highest BCUT2D eigenvalue weighted by atomic mass is 19.4. The van der Waals surface area contributed by atoms with Crippen LogP contribution in [0.5, 0.6) is 0 Å². The Bertz CT molecular complexity index is 4220. The van der Waals surface area contributed by atoms with Gasteiger partial charge >= 0.3 is 83.6 Å². The summed E-state index contributed by atoms with van der Waals surface area (Å²) in [6, 6.07) is 0. The highest BCUT2D eigenvalue weighted by molar-refractivity contribution is 5.88. The number of aliphatic hydroxyl groups is 1. The van der Waals surface area contributed by atoms with Gasteiger partial charge in [-0.15, -0.1) is 0 Å². The summed E-state index contributed by atoms with van der Waals surface area (Å²) in [6.07, 6.45) is 14.6. The lowest BCUT2D eigenvalue weighted by atomic mass is 9.46. The van der Waals surface area contributed by atoms with Gasteiger partial charge in [0.25, 0.3) is 11.8 Å². The molecule has 23 nitrogen and oxygen atoms in total. The quantitative estimate of drug-likeness (QED) is 0.0384. The van der Waals surface area contributed by atoms with Crippen molar-refractivity contribution in [2.24, 2.45) is 155 Å². The Kier molecular flexibility index (Phi) is 31.3. The van der Waals surface area contributed by atoms with E-state index in [2.05, 4.69) is 39.7 Å². The number of halogens is 10. The van der Waals surface area contributed by atoms with E-state index in [1.165, 1.54) is 84.5 Å². The molecule has 0 radical (unpaired) electrons. The van der Waals surface area contributed by atoms with Crippen LogP contribution in [0.3, 0.4) is 0 Å². The van der Waals surface area contributed by atoms with Gasteiger partial charge in [0.15, 0.2) is 6.61 Å². The number of hydrogen-bond donors (Lipinski definition) is 1. The fourth-order valence-corrected chi connectivity index (χ4v) is 27.5. The van der Waals surface area contributed by atoms with Crippen LogP contribution in [0.15, 0.2) is 0 Å². The van der Waals surface area contributed by atoms with E-state index in [1.807, 2.05) is 41.5 Å². The number of carbonyl (C=O) groups is 10. The van der Waals surface area contributed by atoms with E-state index >= 15 is 0 Å². The first-order valence-electron chi connectivity index (χ1n) is 50.4. The van der Waals surface area contributed by atoms with Crippen molar-refractivity contribution in [1.82, 2.24) is 0 Å². The maximum absolute atomic E-state index is 14.5. The normalized spacial score (nSPS) is 36.3. The van der Waals surface area contributed by atoms with Crippen molar-refractivity contribution in [1.29, 1.82) is 0 Å². The second kappa shape index (κ2) is 39.2. The molecule has 20 rings (SSSR count). The van der Waals surface area contributed by atoms with Crippen LogP contribution in [0.25, 0.3) is 0 Å². The molecule has 18 bridgehead atoms. The molecule has 0 amide bonds. The SMILES string of the molecule is CC(C)(C)C(=O)OCC(=O)OCC1(C)C2CC3CC(C2)CC1C3.CC(C)(C)C(=O)OCC1(C)C2CC3CC(C2)CC1C3.CCC1(OC(=O)C2C3CC4C(OC(=O)C42)C3COC(=O)C(C)(C)C)CCCCC1.CCOC(=O)C(OCC(F)(F)C(C)(C)C)(OC(=O)C12CC3CC(CC(C3)C1)C2)C(F)(F)F.CCOC(=O)C(OCC(F)(F)C(C)(C)C)(OC(=O)C12CC3CC(CC(O)(C3)C1)C2)C(F)(F)F. The van der Waals surface area contributed by atoms with Crippen molar-refractivity contribution < 1.29 is 154 Å². The lowest BCUT2D eigenvalue weighted by molar-refractivity contribution is -0.370. The molecule has 10 atom stereocenters. The molecular weight excluding hydrogens is 1800 g/mol. The molecule has 20 aliphatic rings. The van der Waals surface area contributed by atoms with Crippen LogP contribution >= 0.6 is 0 Å². The number of esters is 10. The molecule has 136 heavy (non-hydrogen) atoms. The minimum absolute atomic E-state index is 0.0146. The molecule has 19 saturated carbocycles. The minimum atomic E-state index is -5.69. The van der Waals surface area contributed by atoms with Gasteiger partial charge in [-0.3, -0.25) is 33.6 Å². The molecule has 0 aromatic heterocycles. The van der Waals surface area contributed by atoms with E-state index in [9.17, 15) is 97.0 Å². The Morgan fingerprint density at radius 3 is 1.16 bits per heavy atom. The average molecular weight is 1950 g/mol. The zero-order chi connectivity index (χ0) is 101. The summed E-state index contributed by atoms with van der Waals surface area (Å²) in [7, 11) is 0. The van der Waals surface area contributed by atoms with Crippen LogP contribution in [0.4, 0.5) is 43.9 Å². The molecule has 0 aromatic carbocycles. The Morgan fingerprint density at radius 2 is 0.787 bits per heavy atom. The zero-order valence-corrected chi connectivity index (χ0v) is 83.8. The largest absolute Gasteiger partial charge is 0.468 e. The lowest BCUT2D eigenvalue weighted by Gasteiger charge is -2.59. The third-order valence-electron chi connectivity index (χ3n) is 34.8. The zero-order valence-electron chi connectivity index (χ0n) is 83.8. The van der Waals surface area contributed by atoms with E-state index in [0.717, 1.165) is 141 Å². The van der Waals surface area contributed by atoms with Crippen LogP contribution in [-0.2, 0) is 105 Å². The summed E-state index contributed by atoms with van der Waals surface area (Å²) in [6.45, 7) is 28.9. The number of fused-ring (bicyclic) bond motifs is 1. The van der Waals surface area contributed by atoms with E-state index < -0.39 is 136 Å². The van der Waals surface area contributed by atoms with E-state index in [1.54, 1.807) is 20.8 Å². The van der Waals surface area contributed by atoms with Crippen LogP contribution in [0, 0.1) is 155 Å². The Hall–Kier alpha value is -6.12. The van der Waals surface area contributed by atoms with Gasteiger partial charge < -0.3 is 61.9 Å². The molecule has 1 saturated heterocycles. The van der Waals surface area contributed by atoms with Crippen molar-refractivity contribution in [3.05, 3.63) is 0 Å². The second-order valence-corrected chi connectivity index (χ2v) is 50.1. The summed E-state index contributed by atoms with van der Waals surface area (Å²) in [4.78, 5) is 125. The molecule has 774 valence electrons. The van der Waals surface area contributed by atoms with Crippen LogP contribution in [0.1, 0.15) is 325 Å². The molecule has 10 unspecified atom stereocenters. The van der Waals surface area contributed by atoms with Crippen molar-refractivity contribution >= 4 is 59.7 Å². The summed E-state index contributed by atoms with van der Waals surface area (Å²) in [5.74, 6) is -18.2. The highest BCUT2D eigenvalue weighted by Crippen LogP contribution is 2.68. The molecule has 1 aliphatic heterocycles. The van der Waals surface area contributed by atoms with Gasteiger partial charge in [0.2, 0.25) is 0 Å². The number of hydrogen-bond acceptors (Lipinski definition) is 23. The van der Waals surface area contributed by atoms with Gasteiger partial charge in [0.1, 0.15) is 24.9 Å². The van der Waals surface area contributed by atoms with Gasteiger partial charge in [-0.25, -0.2) is 31.9 Å². The first-order valence-corrected chi connectivity index (χ1v) is 50.4. The third-order valence-corrected chi connectivity index (χ3v) is 34.8. The molecule has 1 N–H and O–H groups in total. The summed E-state index contributed by atoms with van der Waals surface area (Å²) in [5.41, 5.74) is -8.91. The summed E-state index contributed by atoms with van der Waals surface area (Å²) < 4.78 is 204. The van der Waals surface area contributed by atoms with Crippen LogP contribution in [0.2, 0.25) is 0 Å². The molecule has 19 aliphatic carbocycles. The van der Waals surface area contributed by atoms with Gasteiger partial charge in [-0.05, 0) is 339 Å². The predicted octanol–water partition coefficient (Wildman–Crippen LogP) is 20.9. The maximum atomic E-state index is 14.5. The third kappa shape index (κ3) is 22.4. The molecule has 20 fully saturated rings. The van der Waals surface area contributed by atoms with E-state index in [4.69, 9.17) is 37.9 Å².